The van der Waals surface area contributed by atoms with E-state index in [-0.39, 0.29) is 6.61 Å². The molecule has 2 heterocycles. The lowest BCUT2D eigenvalue weighted by Crippen LogP contribution is -2.46. The van der Waals surface area contributed by atoms with Gasteiger partial charge in [-0.25, -0.2) is 9.59 Å². The first-order valence-electron chi connectivity index (χ1n) is 8.44. The quantitative estimate of drug-likeness (QED) is 0.541. The fourth-order valence-corrected chi connectivity index (χ4v) is 3.93. The number of nitrogens with one attached hydrogen (secondary N) is 2. The Bertz CT molecular complexity index is 684. The third-order valence-corrected chi connectivity index (χ3v) is 5.39. The van der Waals surface area contributed by atoms with E-state index in [1.165, 1.54) is 18.0 Å². The van der Waals surface area contributed by atoms with Gasteiger partial charge in [-0.2, -0.15) is 0 Å². The Morgan fingerprint density at radius 3 is 2.69 bits per heavy atom. The van der Waals surface area contributed by atoms with E-state index >= 15 is 0 Å². The summed E-state index contributed by atoms with van der Waals surface area (Å²) in [6, 6.07) is 2.32. The molecule has 1 aromatic heterocycles. The number of amides is 2. The molecule has 9 heteroatoms. The molecule has 142 valence electrons. The van der Waals surface area contributed by atoms with Crippen LogP contribution in [0.3, 0.4) is 0 Å². The highest BCUT2D eigenvalue weighted by atomic mass is 32.2. The summed E-state index contributed by atoms with van der Waals surface area (Å²) in [7, 11) is 0. The Morgan fingerprint density at radius 1 is 1.38 bits per heavy atom. The Labute approximate surface area is 162 Å². The molecule has 0 spiro atoms. The first-order chi connectivity index (χ1) is 12.5. The van der Waals surface area contributed by atoms with Gasteiger partial charge in [0.15, 0.2) is 0 Å². The van der Waals surface area contributed by atoms with Crippen molar-refractivity contribution in [3.8, 4) is 0 Å². The van der Waals surface area contributed by atoms with Gasteiger partial charge in [-0.05, 0) is 32.9 Å². The maximum atomic E-state index is 12.5. The van der Waals surface area contributed by atoms with Gasteiger partial charge in [-0.1, -0.05) is 24.0 Å². The number of thioether (sulfide) groups is 1. The topological polar surface area (TPSA) is 83.8 Å². The number of rotatable bonds is 7. The third-order valence-electron chi connectivity index (χ3n) is 3.84. The summed E-state index contributed by atoms with van der Waals surface area (Å²) >= 11 is 6.84. The lowest BCUT2D eigenvalue weighted by Gasteiger charge is -2.28. The minimum atomic E-state index is -0.699. The van der Waals surface area contributed by atoms with Crippen LogP contribution in [0.2, 0.25) is 0 Å². The number of esters is 1. The van der Waals surface area contributed by atoms with Gasteiger partial charge in [0.25, 0.3) is 0 Å². The number of furan rings is 1. The zero-order valence-electron chi connectivity index (χ0n) is 15.0. The molecule has 1 atom stereocenters. The van der Waals surface area contributed by atoms with Gasteiger partial charge in [0.2, 0.25) is 0 Å². The number of carbonyl (C=O) groups is 2. The van der Waals surface area contributed by atoms with Crippen LogP contribution in [0.25, 0.3) is 0 Å². The van der Waals surface area contributed by atoms with E-state index in [9.17, 15) is 9.59 Å². The highest BCUT2D eigenvalue weighted by molar-refractivity contribution is 8.23. The van der Waals surface area contributed by atoms with E-state index < -0.39 is 18.0 Å². The predicted octanol–water partition coefficient (Wildman–Crippen LogP) is 2.81. The lowest BCUT2D eigenvalue weighted by molar-refractivity contribution is -0.139. The van der Waals surface area contributed by atoms with E-state index in [4.69, 9.17) is 21.4 Å². The van der Waals surface area contributed by atoms with Crippen LogP contribution in [0.4, 0.5) is 4.79 Å². The average Bonchev–Trinajstić information content (AvgIpc) is 3.15. The van der Waals surface area contributed by atoms with E-state index in [2.05, 4.69) is 10.6 Å². The summed E-state index contributed by atoms with van der Waals surface area (Å²) in [5, 5.41) is 5.43. The molecule has 0 saturated carbocycles. The average molecular weight is 398 g/mol. The second kappa shape index (κ2) is 9.63. The normalized spacial score (nSPS) is 16.7. The Balaban J connectivity index is 2.31. The predicted molar refractivity (Wildman–Crippen MR) is 105 cm³/mol. The van der Waals surface area contributed by atoms with Crippen LogP contribution in [0, 0.1) is 0 Å². The van der Waals surface area contributed by atoms with Crippen LogP contribution in [-0.4, -0.2) is 46.7 Å². The molecule has 0 bridgehead atoms. The van der Waals surface area contributed by atoms with Gasteiger partial charge in [-0.15, -0.1) is 0 Å². The van der Waals surface area contributed by atoms with Gasteiger partial charge in [-0.3, -0.25) is 0 Å². The monoisotopic (exact) mass is 397 g/mol. The molecule has 7 nitrogen and oxygen atoms in total. The minimum Gasteiger partial charge on any atom is -0.467 e. The largest absolute Gasteiger partial charge is 0.467 e. The van der Waals surface area contributed by atoms with Crippen LogP contribution >= 0.6 is 24.0 Å². The maximum absolute atomic E-state index is 12.5. The fourth-order valence-electron chi connectivity index (χ4n) is 2.56. The number of hydrogen-bond donors (Lipinski definition) is 2. The van der Waals surface area contributed by atoms with Crippen molar-refractivity contribution >= 4 is 40.3 Å². The molecule has 1 unspecified atom stereocenters. The van der Waals surface area contributed by atoms with Crippen molar-refractivity contribution in [2.45, 2.75) is 26.8 Å². The fraction of sp³-hybridized carbons (Fsp3) is 0.471. The van der Waals surface area contributed by atoms with Crippen molar-refractivity contribution in [3.63, 3.8) is 0 Å². The molecular weight excluding hydrogens is 374 g/mol. The van der Waals surface area contributed by atoms with Gasteiger partial charge < -0.3 is 24.7 Å². The molecule has 0 aromatic carbocycles. The number of carbonyl (C=O) groups excluding carboxylic acids is 2. The molecule has 0 saturated heterocycles. The van der Waals surface area contributed by atoms with E-state index in [1.54, 1.807) is 19.1 Å². The van der Waals surface area contributed by atoms with E-state index in [0.29, 0.717) is 27.1 Å². The molecule has 1 aliphatic heterocycles. The summed E-state index contributed by atoms with van der Waals surface area (Å²) in [5.41, 5.74) is 0.810. The maximum Gasteiger partial charge on any atom is 0.338 e. The third kappa shape index (κ3) is 4.79. The second-order valence-corrected chi connectivity index (χ2v) is 7.00. The minimum absolute atomic E-state index is 0.236. The molecule has 0 fully saturated rings. The van der Waals surface area contributed by atoms with E-state index in [1.807, 2.05) is 18.7 Å². The SMILES string of the molecule is CCOC(=O)C1=C(CSC(=S)N(CC)CC)NC(=O)NC1c1ccco1. The Kier molecular flexibility index (Phi) is 7.52. The zero-order chi connectivity index (χ0) is 19.1. The number of thiocarbonyl (C=S) groups is 1. The molecule has 1 aromatic rings. The summed E-state index contributed by atoms with van der Waals surface area (Å²) in [5.74, 6) is 0.330. The van der Waals surface area contributed by atoms with Gasteiger partial charge in [0.05, 0.1) is 18.4 Å². The van der Waals surface area contributed by atoms with Crippen LogP contribution in [0.5, 0.6) is 0 Å². The van der Waals surface area contributed by atoms with Crippen LogP contribution in [-0.2, 0) is 9.53 Å². The van der Waals surface area contributed by atoms with Crippen LogP contribution in [0.15, 0.2) is 34.1 Å². The van der Waals surface area contributed by atoms with Gasteiger partial charge in [0, 0.05) is 24.5 Å². The molecule has 2 amide bonds. The highest BCUT2D eigenvalue weighted by Crippen LogP contribution is 2.29. The van der Waals surface area contributed by atoms with E-state index in [0.717, 1.165) is 13.1 Å². The summed E-state index contributed by atoms with van der Waals surface area (Å²) < 4.78 is 11.3. The zero-order valence-corrected chi connectivity index (χ0v) is 16.7. The standard InChI is InChI=1S/C17H23N3O4S2/c1-4-20(5-2)17(25)26-10-11-13(15(21)23-6-3)14(19-16(22)18-11)12-8-7-9-24-12/h7-9,14H,4-6,10H2,1-3H3,(H2,18,19,22). The number of ether oxygens (including phenoxy) is 1. The molecule has 26 heavy (non-hydrogen) atoms. The Hall–Kier alpha value is -2.00. The molecule has 0 aliphatic carbocycles. The summed E-state index contributed by atoms with van der Waals surface area (Å²) in [6.07, 6.45) is 1.50. The first kappa shape index (κ1) is 20.3. The number of urea groups is 1. The van der Waals surface area contributed by atoms with Crippen LogP contribution in [0.1, 0.15) is 32.6 Å². The number of hydrogen-bond acceptors (Lipinski definition) is 6. The second-order valence-electron chi connectivity index (χ2n) is 5.39. The number of nitrogens with zero attached hydrogens (tertiary/aromatic N) is 1. The van der Waals surface area contributed by atoms with Crippen molar-refractivity contribution in [2.24, 2.45) is 0 Å². The Morgan fingerprint density at radius 2 is 2.12 bits per heavy atom. The van der Waals surface area contributed by atoms with Crippen molar-refractivity contribution in [1.82, 2.24) is 15.5 Å². The summed E-state index contributed by atoms with van der Waals surface area (Å²) in [6.45, 7) is 7.63. The molecule has 2 N–H and O–H groups in total. The van der Waals surface area contributed by atoms with Crippen molar-refractivity contribution < 1.29 is 18.7 Å². The van der Waals surface area contributed by atoms with Gasteiger partial charge in [0.1, 0.15) is 16.1 Å². The lowest BCUT2D eigenvalue weighted by atomic mass is 10.0. The first-order valence-corrected chi connectivity index (χ1v) is 9.83. The van der Waals surface area contributed by atoms with Crippen LogP contribution < -0.4 is 10.6 Å². The van der Waals surface area contributed by atoms with Crippen molar-refractivity contribution in [1.29, 1.82) is 0 Å². The molecule has 2 rings (SSSR count). The molecular formula is C17H23N3O4S2. The molecule has 1 aliphatic rings. The highest BCUT2D eigenvalue weighted by Gasteiger charge is 2.35. The van der Waals surface area contributed by atoms with Crippen molar-refractivity contribution in [2.75, 3.05) is 25.4 Å². The molecule has 0 radical (unpaired) electrons. The smallest absolute Gasteiger partial charge is 0.338 e. The summed E-state index contributed by atoms with van der Waals surface area (Å²) in [4.78, 5) is 26.7. The van der Waals surface area contributed by atoms with Gasteiger partial charge >= 0.3 is 12.0 Å². The van der Waals surface area contributed by atoms with Crippen molar-refractivity contribution in [3.05, 3.63) is 35.4 Å².